The minimum Gasteiger partial charge on any atom is -0.497 e. The zero-order valence-corrected chi connectivity index (χ0v) is 14.4. The molecule has 0 spiro atoms. The molecule has 26 heavy (non-hydrogen) atoms. The number of imide groups is 1. The summed E-state index contributed by atoms with van der Waals surface area (Å²) in [6.45, 7) is -0.372. The maximum Gasteiger partial charge on any atom is 0.329 e. The molecule has 3 rings (SSSR count). The highest BCUT2D eigenvalue weighted by Gasteiger charge is 2.34. The van der Waals surface area contributed by atoms with Gasteiger partial charge in [-0.25, -0.2) is 9.69 Å². The predicted octanol–water partition coefficient (Wildman–Crippen LogP) is 1.57. The summed E-state index contributed by atoms with van der Waals surface area (Å²) in [4.78, 5) is 37.4. The minimum absolute atomic E-state index is 0.137. The summed E-state index contributed by atoms with van der Waals surface area (Å²) in [6.07, 6.45) is 5.21. The lowest BCUT2D eigenvalue weighted by Gasteiger charge is -2.12. The fourth-order valence-corrected chi connectivity index (χ4v) is 2.51. The van der Waals surface area contributed by atoms with E-state index in [0.717, 1.165) is 10.5 Å². The van der Waals surface area contributed by atoms with E-state index in [1.807, 2.05) is 30.1 Å². The number of rotatable bonds is 5. The molecule has 8 nitrogen and oxygen atoms in total. The second kappa shape index (κ2) is 7.14. The van der Waals surface area contributed by atoms with Crippen molar-refractivity contribution in [1.29, 1.82) is 0 Å². The van der Waals surface area contributed by atoms with Gasteiger partial charge in [0.25, 0.3) is 5.91 Å². The summed E-state index contributed by atoms with van der Waals surface area (Å²) in [7, 11) is 3.40. The Balaban J connectivity index is 1.65. The first-order chi connectivity index (χ1) is 12.5. The average Bonchev–Trinajstić information content (AvgIpc) is 3.14. The van der Waals surface area contributed by atoms with Gasteiger partial charge in [0, 0.05) is 25.1 Å². The molecule has 0 atom stereocenters. The number of aromatic nitrogens is 1. The molecule has 1 aromatic heterocycles. The minimum atomic E-state index is -0.623. The van der Waals surface area contributed by atoms with Crippen LogP contribution in [0, 0.1) is 0 Å². The van der Waals surface area contributed by atoms with E-state index in [0.29, 0.717) is 11.4 Å². The SMILES string of the molecule is COc1ccc(NC(=O)CN2C(=O)N/C(=C/c3ccn(C)c3)C2=O)cc1. The quantitative estimate of drug-likeness (QED) is 0.630. The summed E-state index contributed by atoms with van der Waals surface area (Å²) in [6, 6.07) is 7.92. The summed E-state index contributed by atoms with van der Waals surface area (Å²) < 4.78 is 6.87. The molecule has 0 saturated carbocycles. The molecule has 1 aliphatic rings. The van der Waals surface area contributed by atoms with E-state index in [1.54, 1.807) is 37.5 Å². The highest BCUT2D eigenvalue weighted by Crippen LogP contribution is 2.16. The Kier molecular flexibility index (Phi) is 4.74. The van der Waals surface area contributed by atoms with E-state index in [4.69, 9.17) is 4.74 Å². The van der Waals surface area contributed by atoms with Crippen LogP contribution in [0.4, 0.5) is 10.5 Å². The number of benzene rings is 1. The average molecular weight is 354 g/mol. The molecule has 1 saturated heterocycles. The number of amides is 4. The molecule has 134 valence electrons. The molecule has 0 unspecified atom stereocenters. The fraction of sp³-hybridized carbons (Fsp3) is 0.167. The van der Waals surface area contributed by atoms with Crippen LogP contribution in [0.3, 0.4) is 0 Å². The third-order valence-electron chi connectivity index (χ3n) is 3.80. The van der Waals surface area contributed by atoms with Crippen molar-refractivity contribution < 1.29 is 19.1 Å². The summed E-state index contributed by atoms with van der Waals surface area (Å²) in [5.74, 6) is -0.351. The molecule has 2 heterocycles. The van der Waals surface area contributed by atoms with E-state index in [1.165, 1.54) is 0 Å². The molecule has 1 fully saturated rings. The monoisotopic (exact) mass is 354 g/mol. The number of anilines is 1. The lowest BCUT2D eigenvalue weighted by atomic mass is 10.2. The van der Waals surface area contributed by atoms with Gasteiger partial charge in [0.1, 0.15) is 18.0 Å². The molecule has 0 aliphatic carbocycles. The van der Waals surface area contributed by atoms with Crippen LogP contribution in [0.25, 0.3) is 6.08 Å². The van der Waals surface area contributed by atoms with Crippen LogP contribution < -0.4 is 15.4 Å². The third-order valence-corrected chi connectivity index (χ3v) is 3.80. The number of methoxy groups -OCH3 is 1. The zero-order valence-electron chi connectivity index (χ0n) is 14.4. The van der Waals surface area contributed by atoms with Crippen molar-refractivity contribution in [3.8, 4) is 5.75 Å². The van der Waals surface area contributed by atoms with Crippen molar-refractivity contribution in [3.63, 3.8) is 0 Å². The van der Waals surface area contributed by atoms with Crippen LogP contribution in [-0.2, 0) is 16.6 Å². The Bertz CT molecular complexity index is 883. The summed E-state index contributed by atoms with van der Waals surface area (Å²) in [5, 5.41) is 5.13. The lowest BCUT2D eigenvalue weighted by Crippen LogP contribution is -2.38. The summed E-state index contributed by atoms with van der Waals surface area (Å²) in [5.41, 5.74) is 1.46. The van der Waals surface area contributed by atoms with Gasteiger partial charge in [-0.3, -0.25) is 9.59 Å². The molecule has 2 aromatic rings. The molecular formula is C18H18N4O4. The lowest BCUT2D eigenvalue weighted by molar-refractivity contribution is -0.127. The van der Waals surface area contributed by atoms with E-state index < -0.39 is 17.8 Å². The number of aryl methyl sites for hydroxylation is 1. The molecule has 0 radical (unpaired) electrons. The van der Waals surface area contributed by atoms with Crippen molar-refractivity contribution in [2.75, 3.05) is 19.0 Å². The first kappa shape index (κ1) is 17.3. The molecule has 1 aromatic carbocycles. The van der Waals surface area contributed by atoms with E-state index in [9.17, 15) is 14.4 Å². The zero-order chi connectivity index (χ0) is 18.7. The number of urea groups is 1. The molecule has 4 amide bonds. The van der Waals surface area contributed by atoms with Gasteiger partial charge < -0.3 is 19.9 Å². The van der Waals surface area contributed by atoms with Gasteiger partial charge in [0.2, 0.25) is 5.91 Å². The van der Waals surface area contributed by atoms with Crippen LogP contribution in [0.15, 0.2) is 48.4 Å². The molecule has 0 bridgehead atoms. The highest BCUT2D eigenvalue weighted by atomic mass is 16.5. The van der Waals surface area contributed by atoms with Gasteiger partial charge in [0.05, 0.1) is 7.11 Å². The van der Waals surface area contributed by atoms with Crippen molar-refractivity contribution >= 4 is 29.6 Å². The number of hydrogen-bond donors (Lipinski definition) is 2. The molecule has 8 heteroatoms. The molecular weight excluding hydrogens is 336 g/mol. The van der Waals surface area contributed by atoms with Crippen LogP contribution >= 0.6 is 0 Å². The largest absolute Gasteiger partial charge is 0.497 e. The molecule has 2 N–H and O–H groups in total. The predicted molar refractivity (Wildman–Crippen MR) is 95.3 cm³/mol. The van der Waals surface area contributed by atoms with Gasteiger partial charge in [-0.1, -0.05) is 0 Å². The first-order valence-electron chi connectivity index (χ1n) is 7.86. The Morgan fingerprint density at radius 3 is 2.58 bits per heavy atom. The van der Waals surface area contributed by atoms with Crippen molar-refractivity contribution in [2.24, 2.45) is 7.05 Å². The van der Waals surface area contributed by atoms with Crippen LogP contribution in [0.1, 0.15) is 5.56 Å². The Morgan fingerprint density at radius 2 is 1.96 bits per heavy atom. The van der Waals surface area contributed by atoms with Gasteiger partial charge in [0.15, 0.2) is 0 Å². The van der Waals surface area contributed by atoms with Gasteiger partial charge in [-0.2, -0.15) is 0 Å². The highest BCUT2D eigenvalue weighted by molar-refractivity contribution is 6.15. The number of carbonyl (C=O) groups is 3. The topological polar surface area (TPSA) is 92.7 Å². The normalized spacial score (nSPS) is 15.3. The Hall–Kier alpha value is -3.55. The molecule has 1 aliphatic heterocycles. The second-order valence-corrected chi connectivity index (χ2v) is 5.77. The number of nitrogens with zero attached hydrogens (tertiary/aromatic N) is 2. The standard InChI is InChI=1S/C18H18N4O4/c1-21-8-7-12(10-21)9-15-17(24)22(18(25)20-15)11-16(23)19-13-3-5-14(26-2)6-4-13/h3-10H,11H2,1-2H3,(H,19,23)(H,20,25)/b15-9+. The van der Waals surface area contributed by atoms with Crippen molar-refractivity contribution in [1.82, 2.24) is 14.8 Å². The van der Waals surface area contributed by atoms with Crippen LogP contribution in [0.2, 0.25) is 0 Å². The number of ether oxygens (including phenoxy) is 1. The second-order valence-electron chi connectivity index (χ2n) is 5.77. The Labute approximate surface area is 150 Å². The summed E-state index contributed by atoms with van der Waals surface area (Å²) >= 11 is 0. The number of nitrogens with one attached hydrogen (secondary N) is 2. The van der Waals surface area contributed by atoms with Crippen molar-refractivity contribution in [3.05, 3.63) is 54.0 Å². The number of hydrogen-bond acceptors (Lipinski definition) is 4. The van der Waals surface area contributed by atoms with Crippen LogP contribution in [0.5, 0.6) is 5.75 Å². The smallest absolute Gasteiger partial charge is 0.329 e. The first-order valence-corrected chi connectivity index (χ1v) is 7.86. The number of carbonyl (C=O) groups excluding carboxylic acids is 3. The maximum absolute atomic E-state index is 12.4. The third kappa shape index (κ3) is 3.75. The van der Waals surface area contributed by atoms with E-state index >= 15 is 0 Å². The van der Waals surface area contributed by atoms with Gasteiger partial charge >= 0.3 is 6.03 Å². The van der Waals surface area contributed by atoms with E-state index in [-0.39, 0.29) is 12.2 Å². The van der Waals surface area contributed by atoms with E-state index in [2.05, 4.69) is 10.6 Å². The van der Waals surface area contributed by atoms with Gasteiger partial charge in [-0.15, -0.1) is 0 Å². The fourth-order valence-electron chi connectivity index (χ4n) is 2.51. The van der Waals surface area contributed by atoms with Crippen molar-refractivity contribution in [2.45, 2.75) is 0 Å². The Morgan fingerprint density at radius 1 is 1.23 bits per heavy atom. The van der Waals surface area contributed by atoms with Crippen LogP contribution in [-0.4, -0.2) is 41.0 Å². The maximum atomic E-state index is 12.4. The van der Waals surface area contributed by atoms with Gasteiger partial charge in [-0.05, 0) is 42.0 Å².